The molecule has 1 aromatic carbocycles. The number of benzene rings is 1. The van der Waals surface area contributed by atoms with E-state index in [-0.39, 0.29) is 19.7 Å². The molecule has 0 amide bonds. The highest BCUT2D eigenvalue weighted by Crippen LogP contribution is 2.11. The van der Waals surface area contributed by atoms with Crippen molar-refractivity contribution in [3.05, 3.63) is 69.9 Å². The minimum Gasteiger partial charge on any atom is -0.486 e. The van der Waals surface area contributed by atoms with Gasteiger partial charge in [0, 0.05) is 11.4 Å². The van der Waals surface area contributed by atoms with E-state index in [1.54, 1.807) is 32.0 Å². The highest BCUT2D eigenvalue weighted by molar-refractivity contribution is 5.66. The molecule has 140 valence electrons. The third-order valence-electron chi connectivity index (χ3n) is 3.83. The summed E-state index contributed by atoms with van der Waals surface area (Å²) in [4.78, 5) is 31.6. The first-order valence-corrected chi connectivity index (χ1v) is 8.29. The molecule has 0 unspecified atom stereocenters. The standard InChI is InChI=1S/C18H19N5O4/c1-12-8-13(2)22(18(26)19-12)9-16-20-15(21-23(16)10-17(24)25)11-27-14-6-4-3-5-7-14/h3-8H,9-11H2,1-2H3,(H,24,25). The van der Waals surface area contributed by atoms with Gasteiger partial charge in [-0.3, -0.25) is 9.36 Å². The van der Waals surface area contributed by atoms with Crippen molar-refractivity contribution in [1.29, 1.82) is 0 Å². The van der Waals surface area contributed by atoms with Gasteiger partial charge in [0.15, 0.2) is 5.82 Å². The second kappa shape index (κ2) is 7.81. The number of nitrogens with zero attached hydrogens (tertiary/aromatic N) is 5. The minimum atomic E-state index is -1.05. The number of ether oxygens (including phenoxy) is 1. The maximum absolute atomic E-state index is 12.2. The van der Waals surface area contributed by atoms with Crippen molar-refractivity contribution in [3.63, 3.8) is 0 Å². The van der Waals surface area contributed by atoms with Crippen LogP contribution in [-0.4, -0.2) is 35.4 Å². The Hall–Kier alpha value is -3.49. The van der Waals surface area contributed by atoms with Gasteiger partial charge < -0.3 is 9.84 Å². The molecule has 0 saturated heterocycles. The molecule has 9 heteroatoms. The summed E-state index contributed by atoms with van der Waals surface area (Å²) in [6, 6.07) is 10.9. The average molecular weight is 369 g/mol. The first-order valence-electron chi connectivity index (χ1n) is 8.29. The zero-order chi connectivity index (χ0) is 19.4. The Morgan fingerprint density at radius 2 is 1.93 bits per heavy atom. The lowest BCUT2D eigenvalue weighted by atomic mass is 10.3. The number of aliphatic carboxylic acids is 1. The molecule has 0 atom stereocenters. The Morgan fingerprint density at radius 3 is 2.59 bits per heavy atom. The van der Waals surface area contributed by atoms with Gasteiger partial charge >= 0.3 is 11.7 Å². The smallest absolute Gasteiger partial charge is 0.348 e. The van der Waals surface area contributed by atoms with E-state index in [0.717, 1.165) is 0 Å². The fourth-order valence-electron chi connectivity index (χ4n) is 2.63. The number of aromatic nitrogens is 5. The van der Waals surface area contributed by atoms with Crippen LogP contribution >= 0.6 is 0 Å². The number of hydrogen-bond acceptors (Lipinski definition) is 6. The fourth-order valence-corrected chi connectivity index (χ4v) is 2.63. The van der Waals surface area contributed by atoms with Gasteiger partial charge in [-0.25, -0.2) is 14.5 Å². The number of para-hydroxylation sites is 1. The molecular formula is C18H19N5O4. The van der Waals surface area contributed by atoms with Crippen LogP contribution in [0.25, 0.3) is 0 Å². The van der Waals surface area contributed by atoms with Gasteiger partial charge in [0.25, 0.3) is 0 Å². The van der Waals surface area contributed by atoms with E-state index in [0.29, 0.717) is 28.8 Å². The minimum absolute atomic E-state index is 0.0730. The Bertz CT molecular complexity index is 1010. The summed E-state index contributed by atoms with van der Waals surface area (Å²) < 4.78 is 8.30. The van der Waals surface area contributed by atoms with E-state index in [1.807, 2.05) is 18.2 Å². The van der Waals surface area contributed by atoms with Gasteiger partial charge in [-0.1, -0.05) is 18.2 Å². The van der Waals surface area contributed by atoms with Gasteiger partial charge in [0.05, 0.1) is 6.54 Å². The third kappa shape index (κ3) is 4.57. The molecule has 0 radical (unpaired) electrons. The Balaban J connectivity index is 1.86. The molecule has 3 aromatic rings. The monoisotopic (exact) mass is 369 g/mol. The number of carboxylic acids is 1. The van der Waals surface area contributed by atoms with Crippen molar-refractivity contribution >= 4 is 5.97 Å². The van der Waals surface area contributed by atoms with E-state index in [2.05, 4.69) is 15.1 Å². The molecule has 0 aliphatic rings. The number of hydrogen-bond donors (Lipinski definition) is 1. The average Bonchev–Trinajstić information content (AvgIpc) is 2.98. The summed E-state index contributed by atoms with van der Waals surface area (Å²) >= 11 is 0. The lowest BCUT2D eigenvalue weighted by Crippen LogP contribution is -2.28. The highest BCUT2D eigenvalue weighted by atomic mass is 16.5. The SMILES string of the molecule is Cc1cc(C)n(Cc2nc(COc3ccccc3)nn2CC(=O)O)c(=O)n1. The quantitative estimate of drug-likeness (QED) is 0.665. The maximum atomic E-state index is 12.2. The zero-order valence-corrected chi connectivity index (χ0v) is 15.0. The molecule has 0 saturated carbocycles. The second-order valence-corrected chi connectivity index (χ2v) is 6.00. The Kier molecular flexibility index (Phi) is 5.30. The summed E-state index contributed by atoms with van der Waals surface area (Å²) in [6.45, 7) is 3.33. The topological polar surface area (TPSA) is 112 Å². The van der Waals surface area contributed by atoms with Crippen molar-refractivity contribution in [2.45, 2.75) is 33.5 Å². The van der Waals surface area contributed by atoms with Gasteiger partial charge in [-0.2, -0.15) is 10.1 Å². The first kappa shape index (κ1) is 18.3. The van der Waals surface area contributed by atoms with Gasteiger partial charge in [-0.15, -0.1) is 0 Å². The maximum Gasteiger partial charge on any atom is 0.348 e. The summed E-state index contributed by atoms with van der Waals surface area (Å²) in [5.74, 6) is 0.284. The molecule has 0 fully saturated rings. The molecule has 27 heavy (non-hydrogen) atoms. The summed E-state index contributed by atoms with van der Waals surface area (Å²) in [6.07, 6.45) is 0. The fraction of sp³-hybridized carbons (Fsp3) is 0.278. The van der Waals surface area contributed by atoms with Gasteiger partial charge in [0.2, 0.25) is 0 Å². The normalized spacial score (nSPS) is 10.7. The molecule has 2 aromatic heterocycles. The highest BCUT2D eigenvalue weighted by Gasteiger charge is 2.15. The molecular weight excluding hydrogens is 350 g/mol. The Morgan fingerprint density at radius 1 is 1.19 bits per heavy atom. The van der Waals surface area contributed by atoms with Crippen molar-refractivity contribution in [1.82, 2.24) is 24.3 Å². The van der Waals surface area contributed by atoms with Crippen LogP contribution < -0.4 is 10.4 Å². The summed E-state index contributed by atoms with van der Waals surface area (Å²) in [5.41, 5.74) is 0.914. The van der Waals surface area contributed by atoms with Crippen molar-refractivity contribution < 1.29 is 14.6 Å². The first-order chi connectivity index (χ1) is 12.9. The predicted molar refractivity (Wildman–Crippen MR) is 95.5 cm³/mol. The van der Waals surface area contributed by atoms with Crippen LogP contribution in [0.15, 0.2) is 41.2 Å². The van der Waals surface area contributed by atoms with Crippen LogP contribution in [-0.2, 0) is 24.5 Å². The number of carbonyl (C=O) groups is 1. The van der Waals surface area contributed by atoms with Crippen LogP contribution in [0, 0.1) is 13.8 Å². The van der Waals surface area contributed by atoms with Crippen molar-refractivity contribution in [3.8, 4) is 5.75 Å². The van der Waals surface area contributed by atoms with E-state index >= 15 is 0 Å². The molecule has 0 bridgehead atoms. The molecule has 0 spiro atoms. The number of carboxylic acid groups (broad SMARTS) is 1. The van der Waals surface area contributed by atoms with Crippen molar-refractivity contribution in [2.75, 3.05) is 0 Å². The molecule has 0 aliphatic heterocycles. The molecule has 9 nitrogen and oxygen atoms in total. The number of aryl methyl sites for hydroxylation is 2. The molecule has 3 rings (SSSR count). The van der Waals surface area contributed by atoms with Crippen LogP contribution in [0.4, 0.5) is 0 Å². The largest absolute Gasteiger partial charge is 0.486 e. The third-order valence-corrected chi connectivity index (χ3v) is 3.83. The lowest BCUT2D eigenvalue weighted by molar-refractivity contribution is -0.137. The lowest BCUT2D eigenvalue weighted by Gasteiger charge is -2.09. The van der Waals surface area contributed by atoms with E-state index < -0.39 is 11.7 Å². The molecule has 2 heterocycles. The van der Waals surface area contributed by atoms with Crippen LogP contribution in [0.3, 0.4) is 0 Å². The van der Waals surface area contributed by atoms with E-state index in [9.17, 15) is 9.59 Å². The predicted octanol–water partition coefficient (Wildman–Crippen LogP) is 1.16. The zero-order valence-electron chi connectivity index (χ0n) is 15.0. The van der Waals surface area contributed by atoms with Crippen LogP contribution in [0.5, 0.6) is 5.75 Å². The summed E-state index contributed by atoms with van der Waals surface area (Å²) in [5, 5.41) is 13.3. The second-order valence-electron chi connectivity index (χ2n) is 6.00. The molecule has 0 aliphatic carbocycles. The number of rotatable bonds is 7. The van der Waals surface area contributed by atoms with E-state index in [1.165, 1.54) is 9.25 Å². The summed E-state index contributed by atoms with van der Waals surface area (Å²) in [7, 11) is 0. The van der Waals surface area contributed by atoms with Crippen molar-refractivity contribution in [2.24, 2.45) is 0 Å². The van der Waals surface area contributed by atoms with E-state index in [4.69, 9.17) is 9.84 Å². The van der Waals surface area contributed by atoms with Gasteiger partial charge in [0.1, 0.15) is 24.7 Å². The Labute approximate surface area is 154 Å². The van der Waals surface area contributed by atoms with Gasteiger partial charge in [-0.05, 0) is 32.0 Å². The molecule has 1 N–H and O–H groups in total. The van der Waals surface area contributed by atoms with Crippen LogP contribution in [0.2, 0.25) is 0 Å². The van der Waals surface area contributed by atoms with Crippen LogP contribution in [0.1, 0.15) is 23.0 Å².